The fourth-order valence-corrected chi connectivity index (χ4v) is 4.09. The van der Waals surface area contributed by atoms with Crippen LogP contribution in [-0.4, -0.2) is 56.5 Å². The molecule has 2 atom stereocenters. The Morgan fingerprint density at radius 1 is 1.23 bits per heavy atom. The molecule has 0 spiro atoms. The van der Waals surface area contributed by atoms with Crippen LogP contribution >= 0.6 is 0 Å². The molecule has 0 N–H and O–H groups in total. The van der Waals surface area contributed by atoms with Crippen LogP contribution in [0.15, 0.2) is 24.3 Å². The predicted molar refractivity (Wildman–Crippen MR) is 85.0 cm³/mol. The van der Waals surface area contributed by atoms with Gasteiger partial charge in [-0.1, -0.05) is 12.1 Å². The summed E-state index contributed by atoms with van der Waals surface area (Å²) in [5.41, 5.74) is 0.918. The van der Waals surface area contributed by atoms with E-state index in [4.69, 9.17) is 9.47 Å². The average molecular weight is 328 g/mol. The molecule has 1 heterocycles. The first-order valence-electron chi connectivity index (χ1n) is 7.32. The highest BCUT2D eigenvalue weighted by Gasteiger charge is 2.33. The van der Waals surface area contributed by atoms with Crippen molar-refractivity contribution >= 4 is 10.2 Å². The van der Waals surface area contributed by atoms with Crippen molar-refractivity contribution in [2.24, 2.45) is 0 Å². The number of ether oxygens (including phenoxy) is 2. The minimum atomic E-state index is -3.49. The van der Waals surface area contributed by atoms with Gasteiger partial charge in [-0.15, -0.1) is 0 Å². The Bertz CT molecular complexity index is 578. The molecule has 0 saturated carbocycles. The van der Waals surface area contributed by atoms with Crippen LogP contribution in [0, 0.1) is 0 Å². The molecule has 1 fully saturated rings. The third kappa shape index (κ3) is 3.98. The van der Waals surface area contributed by atoms with Crippen molar-refractivity contribution in [2.75, 3.05) is 27.2 Å². The first-order chi connectivity index (χ1) is 10.3. The van der Waals surface area contributed by atoms with E-state index < -0.39 is 10.2 Å². The van der Waals surface area contributed by atoms with Crippen LogP contribution in [-0.2, 0) is 21.5 Å². The van der Waals surface area contributed by atoms with E-state index >= 15 is 0 Å². The Balaban J connectivity index is 2.07. The molecule has 1 aliphatic rings. The van der Waals surface area contributed by atoms with Crippen molar-refractivity contribution in [3.63, 3.8) is 0 Å². The molecular formula is C15H24N2O4S. The van der Waals surface area contributed by atoms with E-state index in [0.29, 0.717) is 19.6 Å². The molecule has 1 saturated heterocycles. The van der Waals surface area contributed by atoms with E-state index in [1.54, 1.807) is 14.2 Å². The summed E-state index contributed by atoms with van der Waals surface area (Å²) in [7, 11) is -0.281. The number of methoxy groups -OCH3 is 1. The molecule has 0 aliphatic carbocycles. The molecule has 6 nitrogen and oxygen atoms in total. The number of nitrogens with zero attached hydrogens (tertiary/aromatic N) is 2. The standard InChI is InChI=1S/C15H24N2O4S/c1-12-9-17(10-13(2)21-12)22(18,19)16(3)11-14-5-7-15(20-4)8-6-14/h5-8,12-13H,9-11H2,1-4H3. The van der Waals surface area contributed by atoms with Crippen molar-refractivity contribution in [3.8, 4) is 5.75 Å². The Labute approximate surface area is 132 Å². The summed E-state index contributed by atoms with van der Waals surface area (Å²) in [6.07, 6.45) is -0.180. The van der Waals surface area contributed by atoms with Gasteiger partial charge in [0.2, 0.25) is 0 Å². The molecule has 0 amide bonds. The minimum absolute atomic E-state index is 0.0899. The van der Waals surface area contributed by atoms with Gasteiger partial charge in [-0.3, -0.25) is 0 Å². The molecule has 1 aliphatic heterocycles. The lowest BCUT2D eigenvalue weighted by molar-refractivity contribution is -0.0453. The summed E-state index contributed by atoms with van der Waals surface area (Å²) >= 11 is 0. The van der Waals surface area contributed by atoms with Gasteiger partial charge in [-0.25, -0.2) is 0 Å². The van der Waals surface area contributed by atoms with Gasteiger partial charge in [0.05, 0.1) is 19.3 Å². The Morgan fingerprint density at radius 3 is 2.27 bits per heavy atom. The Hall–Kier alpha value is -1.15. The van der Waals surface area contributed by atoms with Gasteiger partial charge in [-0.05, 0) is 31.5 Å². The Kier molecular flexibility index (Phi) is 5.44. The van der Waals surface area contributed by atoms with Gasteiger partial charge in [0.15, 0.2) is 0 Å². The SMILES string of the molecule is COc1ccc(CN(C)S(=O)(=O)N2CC(C)OC(C)C2)cc1. The fourth-order valence-electron chi connectivity index (χ4n) is 2.59. The molecule has 0 bridgehead atoms. The summed E-state index contributed by atoms with van der Waals surface area (Å²) in [6.45, 7) is 4.88. The quantitative estimate of drug-likeness (QED) is 0.821. The lowest BCUT2D eigenvalue weighted by atomic mass is 10.2. The van der Waals surface area contributed by atoms with Crippen LogP contribution in [0.25, 0.3) is 0 Å². The van der Waals surface area contributed by atoms with Gasteiger partial charge in [-0.2, -0.15) is 17.0 Å². The second kappa shape index (κ2) is 6.95. The maximum Gasteiger partial charge on any atom is 0.282 e. The molecule has 1 aromatic rings. The largest absolute Gasteiger partial charge is 0.497 e. The normalized spacial score (nSPS) is 23.7. The summed E-state index contributed by atoms with van der Waals surface area (Å²) in [6, 6.07) is 7.40. The maximum absolute atomic E-state index is 12.7. The van der Waals surface area contributed by atoms with Crippen LogP contribution in [0.3, 0.4) is 0 Å². The van der Waals surface area contributed by atoms with E-state index in [0.717, 1.165) is 11.3 Å². The van der Waals surface area contributed by atoms with Crippen LogP contribution in [0.4, 0.5) is 0 Å². The lowest BCUT2D eigenvalue weighted by Gasteiger charge is -2.36. The lowest BCUT2D eigenvalue weighted by Crippen LogP contribution is -2.52. The van der Waals surface area contributed by atoms with Crippen LogP contribution in [0.5, 0.6) is 5.75 Å². The zero-order chi connectivity index (χ0) is 16.3. The van der Waals surface area contributed by atoms with Crippen molar-refractivity contribution in [1.29, 1.82) is 0 Å². The van der Waals surface area contributed by atoms with Crippen molar-refractivity contribution < 1.29 is 17.9 Å². The van der Waals surface area contributed by atoms with E-state index in [2.05, 4.69) is 0 Å². The number of morpholine rings is 1. The third-order valence-corrected chi connectivity index (χ3v) is 5.54. The van der Waals surface area contributed by atoms with Crippen LogP contribution in [0.2, 0.25) is 0 Å². The highest BCUT2D eigenvalue weighted by atomic mass is 32.2. The number of rotatable bonds is 5. The third-order valence-electron chi connectivity index (χ3n) is 3.67. The molecular weight excluding hydrogens is 304 g/mol. The van der Waals surface area contributed by atoms with Crippen molar-refractivity contribution in [2.45, 2.75) is 32.6 Å². The summed E-state index contributed by atoms with van der Waals surface area (Å²) in [4.78, 5) is 0. The first-order valence-corrected chi connectivity index (χ1v) is 8.72. The van der Waals surface area contributed by atoms with Gasteiger partial charge in [0.25, 0.3) is 10.2 Å². The molecule has 2 rings (SSSR count). The molecule has 7 heteroatoms. The smallest absolute Gasteiger partial charge is 0.282 e. The highest BCUT2D eigenvalue weighted by Crippen LogP contribution is 2.19. The van der Waals surface area contributed by atoms with Crippen molar-refractivity contribution in [3.05, 3.63) is 29.8 Å². The number of benzene rings is 1. The first kappa shape index (κ1) is 17.2. The summed E-state index contributed by atoms with van der Waals surface area (Å²) < 4.78 is 38.9. The molecule has 2 unspecified atom stereocenters. The summed E-state index contributed by atoms with van der Waals surface area (Å²) in [5, 5.41) is 0. The number of hydrogen-bond donors (Lipinski definition) is 0. The van der Waals surface area contributed by atoms with E-state index in [9.17, 15) is 8.42 Å². The predicted octanol–water partition coefficient (Wildman–Crippen LogP) is 1.48. The van der Waals surface area contributed by atoms with Crippen LogP contribution in [0.1, 0.15) is 19.4 Å². The zero-order valence-electron chi connectivity index (χ0n) is 13.5. The monoisotopic (exact) mass is 328 g/mol. The van der Waals surface area contributed by atoms with E-state index in [1.807, 2.05) is 38.1 Å². The fraction of sp³-hybridized carbons (Fsp3) is 0.600. The molecule has 0 radical (unpaired) electrons. The Morgan fingerprint density at radius 2 is 1.77 bits per heavy atom. The second-order valence-corrected chi connectivity index (χ2v) is 7.72. The number of hydrogen-bond acceptors (Lipinski definition) is 4. The van der Waals surface area contributed by atoms with Crippen LogP contribution < -0.4 is 4.74 Å². The van der Waals surface area contributed by atoms with E-state index in [-0.39, 0.29) is 12.2 Å². The minimum Gasteiger partial charge on any atom is -0.497 e. The van der Waals surface area contributed by atoms with E-state index in [1.165, 1.54) is 8.61 Å². The average Bonchev–Trinajstić information content (AvgIpc) is 2.47. The topological polar surface area (TPSA) is 59.1 Å². The maximum atomic E-state index is 12.7. The molecule has 1 aromatic carbocycles. The van der Waals surface area contributed by atoms with Gasteiger partial charge >= 0.3 is 0 Å². The van der Waals surface area contributed by atoms with Crippen molar-refractivity contribution in [1.82, 2.24) is 8.61 Å². The highest BCUT2D eigenvalue weighted by molar-refractivity contribution is 7.86. The molecule has 124 valence electrons. The molecule has 22 heavy (non-hydrogen) atoms. The van der Waals surface area contributed by atoms with Gasteiger partial charge in [0.1, 0.15) is 5.75 Å². The molecule has 0 aromatic heterocycles. The van der Waals surface area contributed by atoms with Gasteiger partial charge in [0, 0.05) is 26.7 Å². The second-order valence-electron chi connectivity index (χ2n) is 5.69. The summed E-state index contributed by atoms with van der Waals surface area (Å²) in [5.74, 6) is 0.755. The van der Waals surface area contributed by atoms with Gasteiger partial charge < -0.3 is 9.47 Å². The zero-order valence-corrected chi connectivity index (χ0v) is 14.3.